The first-order chi connectivity index (χ1) is 10.6. The number of fused-ring (bicyclic) bond motifs is 1. The first-order valence-electron chi connectivity index (χ1n) is 7.90. The monoisotopic (exact) mass is 348 g/mol. The van der Waals surface area contributed by atoms with Crippen LogP contribution >= 0.6 is 34.9 Å². The van der Waals surface area contributed by atoms with Crippen LogP contribution in [0.25, 0.3) is 6.08 Å². The smallest absolute Gasteiger partial charge is 0.168 e. The van der Waals surface area contributed by atoms with Gasteiger partial charge >= 0.3 is 0 Å². The highest BCUT2D eigenvalue weighted by Crippen LogP contribution is 2.57. The maximum absolute atomic E-state index is 13.1. The van der Waals surface area contributed by atoms with Gasteiger partial charge in [0.05, 0.1) is 9.49 Å². The van der Waals surface area contributed by atoms with Crippen molar-refractivity contribution >= 4 is 46.7 Å². The zero-order valence-corrected chi connectivity index (χ0v) is 15.2. The summed E-state index contributed by atoms with van der Waals surface area (Å²) in [6.45, 7) is 2.18. The van der Waals surface area contributed by atoms with Crippen molar-refractivity contribution in [2.45, 2.75) is 36.7 Å². The first kappa shape index (κ1) is 15.1. The van der Waals surface area contributed by atoms with E-state index in [1.165, 1.54) is 22.0 Å². The Morgan fingerprint density at radius 2 is 2.00 bits per heavy atom. The average molecular weight is 349 g/mol. The van der Waals surface area contributed by atoms with Crippen LogP contribution in [-0.2, 0) is 4.79 Å². The molecule has 3 aliphatic rings. The van der Waals surface area contributed by atoms with Crippen molar-refractivity contribution < 1.29 is 4.79 Å². The lowest BCUT2D eigenvalue weighted by molar-refractivity contribution is -0.123. The second kappa shape index (κ2) is 5.57. The minimum absolute atomic E-state index is 0.240. The van der Waals surface area contributed by atoms with Crippen molar-refractivity contribution in [2.75, 3.05) is 11.5 Å². The average Bonchev–Trinajstić information content (AvgIpc) is 3.17. The van der Waals surface area contributed by atoms with Gasteiger partial charge in [-0.25, -0.2) is 0 Å². The van der Waals surface area contributed by atoms with E-state index in [0.717, 1.165) is 31.3 Å². The molecule has 4 rings (SSSR count). The molecule has 0 amide bonds. The fraction of sp³-hybridized carbons (Fsp3) is 0.500. The van der Waals surface area contributed by atoms with Crippen molar-refractivity contribution in [1.29, 1.82) is 0 Å². The molecule has 1 spiro atoms. The zero-order chi connectivity index (χ0) is 15.2. The van der Waals surface area contributed by atoms with Crippen molar-refractivity contribution in [3.63, 3.8) is 0 Å². The van der Waals surface area contributed by atoms with Crippen molar-refractivity contribution in [1.82, 2.24) is 0 Å². The Kier molecular flexibility index (Phi) is 3.82. The summed E-state index contributed by atoms with van der Waals surface area (Å²) in [7, 11) is 0. The van der Waals surface area contributed by atoms with Gasteiger partial charge < -0.3 is 0 Å². The molecule has 22 heavy (non-hydrogen) atoms. The molecule has 0 N–H and O–H groups in total. The van der Waals surface area contributed by atoms with Gasteiger partial charge in [-0.1, -0.05) is 17.7 Å². The first-order valence-corrected chi connectivity index (χ1v) is 10.8. The molecule has 2 aliphatic carbocycles. The van der Waals surface area contributed by atoms with Gasteiger partial charge in [0, 0.05) is 16.4 Å². The third-order valence-electron chi connectivity index (χ3n) is 5.17. The second-order valence-electron chi connectivity index (χ2n) is 6.52. The Morgan fingerprint density at radius 1 is 1.18 bits per heavy atom. The van der Waals surface area contributed by atoms with E-state index in [1.54, 1.807) is 11.3 Å². The summed E-state index contributed by atoms with van der Waals surface area (Å²) in [5.74, 6) is 2.88. The zero-order valence-electron chi connectivity index (χ0n) is 12.8. The summed E-state index contributed by atoms with van der Waals surface area (Å²) in [5.41, 5.74) is 2.20. The van der Waals surface area contributed by atoms with E-state index in [-0.39, 0.29) is 9.49 Å². The topological polar surface area (TPSA) is 17.1 Å². The molecule has 2 heterocycles. The van der Waals surface area contributed by atoms with E-state index in [1.807, 2.05) is 0 Å². The van der Waals surface area contributed by atoms with Crippen LogP contribution in [-0.4, -0.2) is 21.4 Å². The lowest BCUT2D eigenvalue weighted by Gasteiger charge is -2.43. The Bertz CT molecular complexity index is 650. The van der Waals surface area contributed by atoms with Gasteiger partial charge in [0.2, 0.25) is 0 Å². The molecule has 1 aromatic rings. The highest BCUT2D eigenvalue weighted by molar-refractivity contribution is 8.21. The number of carbonyl (C=O) groups excluding carboxylic acids is 1. The van der Waals surface area contributed by atoms with Gasteiger partial charge in [-0.05, 0) is 55.7 Å². The number of ketones is 1. The van der Waals surface area contributed by atoms with Gasteiger partial charge in [0.1, 0.15) is 0 Å². The third kappa shape index (κ3) is 2.44. The van der Waals surface area contributed by atoms with E-state index in [9.17, 15) is 4.79 Å². The van der Waals surface area contributed by atoms with Gasteiger partial charge in [-0.15, -0.1) is 34.9 Å². The molecule has 1 nitrogen and oxygen atoms in total. The van der Waals surface area contributed by atoms with E-state index < -0.39 is 0 Å². The predicted octanol–water partition coefficient (Wildman–Crippen LogP) is 5.40. The Morgan fingerprint density at radius 3 is 2.73 bits per heavy atom. The van der Waals surface area contributed by atoms with Crippen LogP contribution in [0, 0.1) is 5.41 Å². The fourth-order valence-corrected chi connectivity index (χ4v) is 7.62. The van der Waals surface area contributed by atoms with Gasteiger partial charge in [-0.2, -0.15) is 0 Å². The SMILES string of the molecule is CC12CCC3(C=C1CCC(=Cc1cccs1)C2=O)SCCS3. The van der Waals surface area contributed by atoms with Crippen LogP contribution in [0.5, 0.6) is 0 Å². The Hall–Kier alpha value is -0.450. The normalized spacial score (nSPS) is 32.3. The molecule has 0 bridgehead atoms. The summed E-state index contributed by atoms with van der Waals surface area (Å²) in [5, 5.41) is 2.08. The van der Waals surface area contributed by atoms with Gasteiger partial charge in [0.25, 0.3) is 0 Å². The lowest BCUT2D eigenvalue weighted by atomic mass is 9.63. The van der Waals surface area contributed by atoms with Crippen LogP contribution in [0.15, 0.2) is 34.7 Å². The Labute approximate surface area is 144 Å². The quantitative estimate of drug-likeness (QED) is 0.500. The minimum Gasteiger partial charge on any atom is -0.294 e. The van der Waals surface area contributed by atoms with Crippen LogP contribution in [0.1, 0.15) is 37.5 Å². The molecule has 4 heteroatoms. The summed E-state index contributed by atoms with van der Waals surface area (Å²) in [6.07, 6.45) is 8.71. The number of carbonyl (C=O) groups is 1. The van der Waals surface area contributed by atoms with Crippen LogP contribution in [0.4, 0.5) is 0 Å². The summed E-state index contributed by atoms with van der Waals surface area (Å²) >= 11 is 5.89. The number of thiophene rings is 1. The van der Waals surface area contributed by atoms with Gasteiger partial charge in [0.15, 0.2) is 5.78 Å². The predicted molar refractivity (Wildman–Crippen MR) is 99.6 cm³/mol. The Balaban J connectivity index is 1.66. The number of Topliss-reactive ketones (excluding diaryl/α,β-unsaturated/α-hetero) is 1. The maximum atomic E-state index is 13.1. The molecule has 0 radical (unpaired) electrons. The molecule has 116 valence electrons. The number of hydrogen-bond acceptors (Lipinski definition) is 4. The molecule has 0 aromatic carbocycles. The molecule has 1 atom stereocenters. The molecular formula is C18H20OS3. The van der Waals surface area contributed by atoms with E-state index in [0.29, 0.717) is 5.78 Å². The number of rotatable bonds is 1. The lowest BCUT2D eigenvalue weighted by Crippen LogP contribution is -2.40. The van der Waals surface area contributed by atoms with E-state index >= 15 is 0 Å². The highest BCUT2D eigenvalue weighted by atomic mass is 32.2. The van der Waals surface area contributed by atoms with Crippen molar-refractivity contribution in [3.05, 3.63) is 39.6 Å². The summed E-state index contributed by atoms with van der Waals surface area (Å²) in [6, 6.07) is 4.15. The summed E-state index contributed by atoms with van der Waals surface area (Å²) in [4.78, 5) is 14.3. The third-order valence-corrected chi connectivity index (χ3v) is 9.39. The van der Waals surface area contributed by atoms with Crippen molar-refractivity contribution in [3.8, 4) is 0 Å². The number of hydrogen-bond donors (Lipinski definition) is 0. The van der Waals surface area contributed by atoms with Crippen LogP contribution < -0.4 is 0 Å². The van der Waals surface area contributed by atoms with E-state index in [2.05, 4.69) is 60.1 Å². The molecule has 1 aromatic heterocycles. The highest BCUT2D eigenvalue weighted by Gasteiger charge is 2.49. The second-order valence-corrected chi connectivity index (χ2v) is 10.6. The maximum Gasteiger partial charge on any atom is 0.168 e. The standard InChI is InChI=1S/C18H20OS3/c1-17-6-7-18(21-9-10-22-18)12-14(17)5-4-13(16(17)19)11-15-3-2-8-20-15/h2-3,8,11-12H,4-7,9-10H2,1H3. The van der Waals surface area contributed by atoms with Crippen LogP contribution in [0.2, 0.25) is 0 Å². The fourth-order valence-electron chi connectivity index (χ4n) is 3.81. The number of allylic oxidation sites excluding steroid dienone is 2. The molecule has 1 saturated heterocycles. The largest absolute Gasteiger partial charge is 0.294 e. The molecule has 1 unspecified atom stereocenters. The molecule has 1 aliphatic heterocycles. The summed E-state index contributed by atoms with van der Waals surface area (Å²) < 4.78 is 0.282. The minimum atomic E-state index is -0.240. The van der Waals surface area contributed by atoms with E-state index in [4.69, 9.17) is 0 Å². The number of thioether (sulfide) groups is 2. The van der Waals surface area contributed by atoms with Crippen molar-refractivity contribution in [2.24, 2.45) is 5.41 Å². The molecular weight excluding hydrogens is 328 g/mol. The molecule has 2 fully saturated rings. The van der Waals surface area contributed by atoms with Gasteiger partial charge in [-0.3, -0.25) is 4.79 Å². The van der Waals surface area contributed by atoms with Crippen LogP contribution in [0.3, 0.4) is 0 Å². The molecule has 1 saturated carbocycles.